The van der Waals surface area contributed by atoms with Gasteiger partial charge in [0.15, 0.2) is 5.11 Å². The number of nitrogens with one attached hydrogen (secondary N) is 2. The molecule has 0 radical (unpaired) electrons. The van der Waals surface area contributed by atoms with Gasteiger partial charge < -0.3 is 14.8 Å². The number of ether oxygens (including phenoxy) is 2. The van der Waals surface area contributed by atoms with Gasteiger partial charge in [-0.05, 0) is 40.5 Å². The van der Waals surface area contributed by atoms with E-state index in [2.05, 4.69) is 41.5 Å². The third-order valence-electron chi connectivity index (χ3n) is 6.79. The molecule has 1 amide bonds. The number of rotatable bonds is 5. The summed E-state index contributed by atoms with van der Waals surface area (Å²) in [6.07, 6.45) is 1.03. The van der Waals surface area contributed by atoms with E-state index in [-0.39, 0.29) is 36.0 Å². The van der Waals surface area contributed by atoms with Gasteiger partial charge in [0.05, 0.1) is 18.8 Å². The summed E-state index contributed by atoms with van der Waals surface area (Å²) in [6.45, 7) is 4.58. The zero-order chi connectivity index (χ0) is 24.4. The van der Waals surface area contributed by atoms with Crippen LogP contribution in [0.4, 0.5) is 9.18 Å². The van der Waals surface area contributed by atoms with Gasteiger partial charge in [0.25, 0.3) is 0 Å². The molecule has 2 aliphatic rings. The van der Waals surface area contributed by atoms with Gasteiger partial charge >= 0.3 is 6.09 Å². The summed E-state index contributed by atoms with van der Waals surface area (Å²) >= 11 is 5.42. The highest BCUT2D eigenvalue weighted by molar-refractivity contribution is 7.80. The summed E-state index contributed by atoms with van der Waals surface area (Å²) in [6, 6.07) is 22.7. The summed E-state index contributed by atoms with van der Waals surface area (Å²) in [4.78, 5) is 12.7. The first-order valence-corrected chi connectivity index (χ1v) is 11.8. The third kappa shape index (κ3) is 4.22. The third-order valence-corrected chi connectivity index (χ3v) is 7.00. The van der Waals surface area contributed by atoms with Crippen molar-refractivity contribution in [3.63, 3.8) is 0 Å². The summed E-state index contributed by atoms with van der Waals surface area (Å²) in [5.74, 6) is -0.698. The van der Waals surface area contributed by atoms with Crippen LogP contribution in [0.1, 0.15) is 22.6 Å². The Hall–Kier alpha value is -3.55. The Kier molecular flexibility index (Phi) is 6.36. The molecule has 7 heteroatoms. The van der Waals surface area contributed by atoms with Crippen molar-refractivity contribution >= 4 is 23.4 Å². The Morgan fingerprint density at radius 1 is 1.09 bits per heavy atom. The fraction of sp³-hybridized carbons (Fsp3) is 0.214. The van der Waals surface area contributed by atoms with Crippen LogP contribution in [-0.4, -0.2) is 31.0 Å². The maximum Gasteiger partial charge on any atom is 0.413 e. The molecule has 2 N–H and O–H groups in total. The molecule has 5 rings (SSSR count). The maximum absolute atomic E-state index is 14.8. The van der Waals surface area contributed by atoms with Crippen LogP contribution >= 0.6 is 12.2 Å². The molecule has 1 heterocycles. The van der Waals surface area contributed by atoms with Crippen molar-refractivity contribution in [2.45, 2.75) is 11.5 Å². The van der Waals surface area contributed by atoms with E-state index in [1.165, 1.54) is 6.07 Å². The molecule has 0 bridgehead atoms. The molecule has 178 valence electrons. The second-order valence-corrected chi connectivity index (χ2v) is 9.12. The number of carbonyl (C=O) groups is 1. The van der Waals surface area contributed by atoms with Crippen molar-refractivity contribution in [3.05, 3.63) is 108 Å². The first kappa shape index (κ1) is 23.2. The van der Waals surface area contributed by atoms with Crippen molar-refractivity contribution in [1.82, 2.24) is 10.6 Å². The van der Waals surface area contributed by atoms with Crippen LogP contribution in [0, 0.1) is 11.7 Å². The minimum absolute atomic E-state index is 0.0304. The highest BCUT2D eigenvalue weighted by Gasteiger charge is 2.46. The number of halogens is 1. The Morgan fingerprint density at radius 2 is 1.71 bits per heavy atom. The van der Waals surface area contributed by atoms with Crippen LogP contribution in [0.5, 0.6) is 0 Å². The van der Waals surface area contributed by atoms with Crippen molar-refractivity contribution in [2.75, 3.05) is 19.8 Å². The quantitative estimate of drug-likeness (QED) is 0.379. The van der Waals surface area contributed by atoms with E-state index in [0.29, 0.717) is 12.2 Å². The molecule has 3 aromatic rings. The number of fused-ring (bicyclic) bond motifs is 3. The van der Waals surface area contributed by atoms with Crippen LogP contribution in [0.25, 0.3) is 11.1 Å². The van der Waals surface area contributed by atoms with E-state index in [9.17, 15) is 9.18 Å². The molecular weight excluding hydrogens is 463 g/mol. The number of alkyl carbamates (subject to hydrolysis) is 1. The number of thiocarbonyl (C=S) groups is 1. The van der Waals surface area contributed by atoms with E-state index in [4.69, 9.17) is 21.7 Å². The van der Waals surface area contributed by atoms with E-state index in [0.717, 1.165) is 22.3 Å². The molecular formula is C28H25FN2O3S. The van der Waals surface area contributed by atoms with Crippen LogP contribution in [0.2, 0.25) is 0 Å². The Morgan fingerprint density at radius 3 is 2.37 bits per heavy atom. The summed E-state index contributed by atoms with van der Waals surface area (Å²) in [5, 5.41) is 5.74. The van der Waals surface area contributed by atoms with Gasteiger partial charge in [-0.2, -0.15) is 0 Å². The van der Waals surface area contributed by atoms with Crippen LogP contribution < -0.4 is 10.6 Å². The second kappa shape index (κ2) is 9.60. The SMILES string of the molecule is C=C[C@H]1COC[C@]1(NC(=S)NC(=O)OCC1c2ccccc2-c2ccccc21)c1ccccc1F. The lowest BCUT2D eigenvalue weighted by Crippen LogP contribution is -2.55. The molecule has 0 aromatic heterocycles. The van der Waals surface area contributed by atoms with Gasteiger partial charge in [-0.15, -0.1) is 6.58 Å². The topological polar surface area (TPSA) is 59.6 Å². The van der Waals surface area contributed by atoms with Gasteiger partial charge in [-0.1, -0.05) is 72.8 Å². The number of benzene rings is 3. The molecule has 1 aliphatic heterocycles. The largest absolute Gasteiger partial charge is 0.448 e. The van der Waals surface area contributed by atoms with Crippen molar-refractivity contribution < 1.29 is 18.7 Å². The first-order chi connectivity index (χ1) is 17.0. The molecule has 1 fully saturated rings. The number of hydrogen-bond acceptors (Lipinski definition) is 4. The lowest BCUT2D eigenvalue weighted by molar-refractivity contribution is 0.147. The fourth-order valence-electron chi connectivity index (χ4n) is 5.12. The van der Waals surface area contributed by atoms with E-state index < -0.39 is 11.6 Å². The molecule has 0 spiro atoms. The summed E-state index contributed by atoms with van der Waals surface area (Å²) in [7, 11) is 0. The average Bonchev–Trinajstić information content (AvgIpc) is 3.42. The molecule has 0 saturated carbocycles. The lowest BCUT2D eigenvalue weighted by atomic mass is 9.80. The van der Waals surface area contributed by atoms with Gasteiger partial charge in [-0.25, -0.2) is 9.18 Å². The van der Waals surface area contributed by atoms with Crippen molar-refractivity contribution in [3.8, 4) is 11.1 Å². The Bertz CT molecular complexity index is 1250. The minimum Gasteiger partial charge on any atom is -0.448 e. The van der Waals surface area contributed by atoms with Crippen LogP contribution in [0.3, 0.4) is 0 Å². The van der Waals surface area contributed by atoms with E-state index in [1.807, 2.05) is 24.3 Å². The van der Waals surface area contributed by atoms with E-state index in [1.54, 1.807) is 24.3 Å². The van der Waals surface area contributed by atoms with Gasteiger partial charge in [0.2, 0.25) is 0 Å². The van der Waals surface area contributed by atoms with Crippen LogP contribution in [-0.2, 0) is 15.0 Å². The Labute approximate surface area is 209 Å². The normalized spacial score (nSPS) is 20.5. The average molecular weight is 489 g/mol. The molecule has 35 heavy (non-hydrogen) atoms. The van der Waals surface area contributed by atoms with Crippen molar-refractivity contribution in [2.24, 2.45) is 5.92 Å². The summed E-state index contributed by atoms with van der Waals surface area (Å²) < 4.78 is 26.0. The second-order valence-electron chi connectivity index (χ2n) is 8.71. The van der Waals surface area contributed by atoms with Crippen molar-refractivity contribution in [1.29, 1.82) is 0 Å². The monoisotopic (exact) mass is 488 g/mol. The molecule has 0 unspecified atom stereocenters. The number of carbonyl (C=O) groups excluding carboxylic acids is 1. The highest BCUT2D eigenvalue weighted by atomic mass is 32.1. The number of hydrogen-bond donors (Lipinski definition) is 2. The van der Waals surface area contributed by atoms with E-state index >= 15 is 0 Å². The van der Waals surface area contributed by atoms with Gasteiger partial charge in [0, 0.05) is 17.4 Å². The fourth-order valence-corrected chi connectivity index (χ4v) is 5.39. The molecule has 2 atom stereocenters. The standard InChI is InChI=1S/C28H25FN2O3S/c1-2-18-15-33-17-28(18,24-13-7-8-14-25(24)29)31-26(35)30-27(32)34-16-23-21-11-5-3-9-19(21)20-10-4-6-12-22(20)23/h2-14,18,23H,1,15-17H2,(H2,30,31,32,35)/t18-,28+/m0/s1. The first-order valence-electron chi connectivity index (χ1n) is 11.4. The predicted molar refractivity (Wildman–Crippen MR) is 137 cm³/mol. The molecule has 1 saturated heterocycles. The number of amides is 1. The van der Waals surface area contributed by atoms with Gasteiger partial charge in [-0.3, -0.25) is 5.32 Å². The molecule has 5 nitrogen and oxygen atoms in total. The zero-order valence-corrected chi connectivity index (χ0v) is 19.8. The maximum atomic E-state index is 14.8. The van der Waals surface area contributed by atoms with Gasteiger partial charge in [0.1, 0.15) is 12.4 Å². The molecule has 1 aliphatic carbocycles. The smallest absolute Gasteiger partial charge is 0.413 e. The molecule has 3 aromatic carbocycles. The lowest BCUT2D eigenvalue weighted by Gasteiger charge is -2.35. The predicted octanol–water partition coefficient (Wildman–Crippen LogP) is 5.27. The Balaban J connectivity index is 1.28. The van der Waals surface area contributed by atoms with Crippen LogP contribution in [0.15, 0.2) is 85.5 Å². The summed E-state index contributed by atoms with van der Waals surface area (Å²) in [5.41, 5.74) is 3.96. The zero-order valence-electron chi connectivity index (χ0n) is 19.0. The minimum atomic E-state index is -0.985. The highest BCUT2D eigenvalue weighted by Crippen LogP contribution is 2.44.